The Bertz CT molecular complexity index is 955. The van der Waals surface area contributed by atoms with Gasteiger partial charge in [-0.1, -0.05) is 17.3 Å². The third-order valence-electron chi connectivity index (χ3n) is 4.64. The quantitative estimate of drug-likeness (QED) is 0.623. The molecule has 3 aromatic rings. The number of carbonyl (C=O) groups is 1. The fourth-order valence-electron chi connectivity index (χ4n) is 3.22. The van der Waals surface area contributed by atoms with Crippen LogP contribution in [0, 0.1) is 0 Å². The van der Waals surface area contributed by atoms with Gasteiger partial charge in [-0.2, -0.15) is 4.98 Å². The summed E-state index contributed by atoms with van der Waals surface area (Å²) in [7, 11) is 1.60. The number of nitrogens with zero attached hydrogens (tertiary/aromatic N) is 3. The molecule has 0 spiro atoms. The van der Waals surface area contributed by atoms with E-state index in [1.54, 1.807) is 23.8 Å². The molecule has 0 bridgehead atoms. The Hall–Kier alpha value is -2.80. The Morgan fingerprint density at radius 3 is 2.70 bits per heavy atom. The minimum atomic E-state index is -0.130. The van der Waals surface area contributed by atoms with Gasteiger partial charge < -0.3 is 14.2 Å². The van der Waals surface area contributed by atoms with Crippen molar-refractivity contribution < 1.29 is 14.1 Å². The molecule has 1 amide bonds. The second-order valence-electron chi connectivity index (χ2n) is 6.26. The zero-order chi connectivity index (χ0) is 18.8. The summed E-state index contributed by atoms with van der Waals surface area (Å²) in [6, 6.07) is 15.5. The summed E-state index contributed by atoms with van der Waals surface area (Å²) in [5.41, 5.74) is 1.66. The molecule has 1 atom stereocenters. The summed E-state index contributed by atoms with van der Waals surface area (Å²) in [6.07, 6.45) is 2.37. The molecule has 0 aliphatic carbocycles. The maximum Gasteiger partial charge on any atom is 0.232 e. The summed E-state index contributed by atoms with van der Waals surface area (Å²) >= 11 is 1.68. The molecule has 0 N–H and O–H groups in total. The molecule has 138 valence electrons. The van der Waals surface area contributed by atoms with Gasteiger partial charge in [-0.15, -0.1) is 11.8 Å². The van der Waals surface area contributed by atoms with E-state index in [0.29, 0.717) is 30.4 Å². The van der Waals surface area contributed by atoms with Crippen LogP contribution < -0.4 is 9.64 Å². The Morgan fingerprint density at radius 2 is 1.96 bits per heavy atom. The first kappa shape index (κ1) is 17.6. The van der Waals surface area contributed by atoms with Crippen molar-refractivity contribution in [2.75, 3.05) is 24.8 Å². The van der Waals surface area contributed by atoms with E-state index in [1.807, 2.05) is 54.8 Å². The highest BCUT2D eigenvalue weighted by Gasteiger charge is 2.36. The third kappa shape index (κ3) is 3.42. The molecule has 6 nitrogen and oxygen atoms in total. The van der Waals surface area contributed by atoms with Crippen molar-refractivity contribution in [2.24, 2.45) is 0 Å². The molecule has 27 heavy (non-hydrogen) atoms. The van der Waals surface area contributed by atoms with Crippen molar-refractivity contribution in [1.82, 2.24) is 10.1 Å². The molecule has 1 unspecified atom stereocenters. The van der Waals surface area contributed by atoms with E-state index in [4.69, 9.17) is 9.26 Å². The number of rotatable bonds is 5. The monoisotopic (exact) mass is 381 g/mol. The fraction of sp³-hybridized carbons (Fsp3) is 0.250. The third-order valence-corrected chi connectivity index (χ3v) is 5.38. The topological polar surface area (TPSA) is 68.5 Å². The lowest BCUT2D eigenvalue weighted by Gasteiger charge is -2.18. The molecule has 1 fully saturated rings. The molecule has 2 heterocycles. The van der Waals surface area contributed by atoms with E-state index >= 15 is 0 Å². The van der Waals surface area contributed by atoms with Crippen LogP contribution in [0.3, 0.4) is 0 Å². The van der Waals surface area contributed by atoms with Gasteiger partial charge in [0.1, 0.15) is 5.75 Å². The summed E-state index contributed by atoms with van der Waals surface area (Å²) in [6.45, 7) is 0.492. The average molecular weight is 381 g/mol. The highest BCUT2D eigenvalue weighted by molar-refractivity contribution is 7.98. The molecular weight excluding hydrogens is 362 g/mol. The molecule has 0 radical (unpaired) electrons. The number of hydrogen-bond donors (Lipinski definition) is 0. The number of methoxy groups -OCH3 is 1. The van der Waals surface area contributed by atoms with Gasteiger partial charge in [0, 0.05) is 23.4 Å². The van der Waals surface area contributed by atoms with E-state index < -0.39 is 0 Å². The molecule has 0 saturated carbocycles. The minimum Gasteiger partial charge on any atom is -0.495 e. The van der Waals surface area contributed by atoms with Gasteiger partial charge in [0.2, 0.25) is 17.6 Å². The number of ether oxygens (including phenoxy) is 1. The second kappa shape index (κ2) is 7.44. The molecule has 2 aromatic carbocycles. The van der Waals surface area contributed by atoms with Gasteiger partial charge in [-0.3, -0.25) is 4.79 Å². The van der Waals surface area contributed by atoms with Crippen LogP contribution in [0.15, 0.2) is 57.9 Å². The van der Waals surface area contributed by atoms with Crippen LogP contribution in [0.5, 0.6) is 5.75 Å². The van der Waals surface area contributed by atoms with Crippen molar-refractivity contribution in [3.05, 3.63) is 54.4 Å². The van der Waals surface area contributed by atoms with Gasteiger partial charge >= 0.3 is 0 Å². The van der Waals surface area contributed by atoms with Crippen molar-refractivity contribution >= 4 is 23.4 Å². The van der Waals surface area contributed by atoms with Crippen LogP contribution in [-0.2, 0) is 4.79 Å². The Balaban J connectivity index is 1.55. The Morgan fingerprint density at radius 1 is 1.19 bits per heavy atom. The first-order valence-corrected chi connectivity index (χ1v) is 9.83. The number of hydrogen-bond acceptors (Lipinski definition) is 6. The average Bonchev–Trinajstić information content (AvgIpc) is 3.35. The molecule has 7 heteroatoms. The Kier molecular flexibility index (Phi) is 4.85. The van der Waals surface area contributed by atoms with Gasteiger partial charge in [-0.05, 0) is 42.7 Å². The predicted octanol–water partition coefficient (Wildman–Crippen LogP) is 3.99. The second-order valence-corrected chi connectivity index (χ2v) is 7.14. The number of thioether (sulfide) groups is 1. The van der Waals surface area contributed by atoms with Gasteiger partial charge in [0.25, 0.3) is 0 Å². The molecule has 1 aliphatic heterocycles. The summed E-state index contributed by atoms with van der Waals surface area (Å²) in [5.74, 6) is 1.60. The maximum absolute atomic E-state index is 12.6. The van der Waals surface area contributed by atoms with Crippen LogP contribution in [-0.4, -0.2) is 36.0 Å². The lowest BCUT2D eigenvalue weighted by atomic mass is 10.1. The molecule has 4 rings (SSSR count). The zero-order valence-electron chi connectivity index (χ0n) is 15.1. The molecule has 1 aliphatic rings. The smallest absolute Gasteiger partial charge is 0.232 e. The highest BCUT2D eigenvalue weighted by atomic mass is 32.2. The van der Waals surface area contributed by atoms with Crippen molar-refractivity contribution in [2.45, 2.75) is 17.2 Å². The fourth-order valence-corrected chi connectivity index (χ4v) is 3.63. The van der Waals surface area contributed by atoms with Gasteiger partial charge in [-0.25, -0.2) is 0 Å². The summed E-state index contributed by atoms with van der Waals surface area (Å²) in [5, 5.41) is 4.10. The van der Waals surface area contributed by atoms with E-state index in [9.17, 15) is 4.79 Å². The van der Waals surface area contributed by atoms with Crippen molar-refractivity contribution in [3.8, 4) is 17.1 Å². The maximum atomic E-state index is 12.6. The standard InChI is InChI=1S/C20H19N3O3S/c1-25-17-6-4-3-5-16(17)23-12-14(11-18(23)24)20-21-19(22-26-20)13-7-9-15(27-2)10-8-13/h3-10,14H,11-12H2,1-2H3. The number of benzene rings is 2. The number of anilines is 1. The minimum absolute atomic E-state index is 0.0218. The normalized spacial score (nSPS) is 16.7. The van der Waals surface area contributed by atoms with E-state index in [-0.39, 0.29) is 11.8 Å². The molecular formula is C20H19N3O3S. The summed E-state index contributed by atoms with van der Waals surface area (Å²) < 4.78 is 10.9. The first-order valence-electron chi connectivity index (χ1n) is 8.61. The van der Waals surface area contributed by atoms with Crippen LogP contribution in [0.1, 0.15) is 18.2 Å². The lowest BCUT2D eigenvalue weighted by molar-refractivity contribution is -0.117. The molecule has 1 saturated heterocycles. The van der Waals surface area contributed by atoms with Crippen LogP contribution in [0.4, 0.5) is 5.69 Å². The molecule has 1 aromatic heterocycles. The van der Waals surface area contributed by atoms with Gasteiger partial charge in [0.05, 0.1) is 18.7 Å². The number of amides is 1. The lowest BCUT2D eigenvalue weighted by Crippen LogP contribution is -2.24. The van der Waals surface area contributed by atoms with Crippen LogP contribution in [0.2, 0.25) is 0 Å². The Labute approximate surface area is 161 Å². The largest absolute Gasteiger partial charge is 0.495 e. The zero-order valence-corrected chi connectivity index (χ0v) is 15.9. The van der Waals surface area contributed by atoms with Crippen LogP contribution in [0.25, 0.3) is 11.4 Å². The number of aromatic nitrogens is 2. The van der Waals surface area contributed by atoms with Gasteiger partial charge in [0.15, 0.2) is 0 Å². The van der Waals surface area contributed by atoms with E-state index in [0.717, 1.165) is 11.3 Å². The van der Waals surface area contributed by atoms with E-state index in [1.165, 1.54) is 4.90 Å². The highest BCUT2D eigenvalue weighted by Crippen LogP contribution is 2.36. The SMILES string of the molecule is COc1ccccc1N1CC(c2nc(-c3ccc(SC)cc3)no2)CC1=O. The predicted molar refractivity (Wildman–Crippen MR) is 104 cm³/mol. The van der Waals surface area contributed by atoms with Crippen LogP contribution >= 0.6 is 11.8 Å². The van der Waals surface area contributed by atoms with Crippen molar-refractivity contribution in [1.29, 1.82) is 0 Å². The van der Waals surface area contributed by atoms with Crippen molar-refractivity contribution in [3.63, 3.8) is 0 Å². The number of carbonyl (C=O) groups excluding carboxylic acids is 1. The summed E-state index contributed by atoms with van der Waals surface area (Å²) in [4.78, 5) is 20.0. The number of para-hydroxylation sites is 2. The first-order chi connectivity index (χ1) is 13.2. The van der Waals surface area contributed by atoms with E-state index in [2.05, 4.69) is 10.1 Å².